The summed E-state index contributed by atoms with van der Waals surface area (Å²) in [6.45, 7) is 2.39. The lowest BCUT2D eigenvalue weighted by Crippen LogP contribution is -2.44. The van der Waals surface area contributed by atoms with E-state index in [0.717, 1.165) is 41.0 Å². The summed E-state index contributed by atoms with van der Waals surface area (Å²) in [5.74, 6) is 5.81. The minimum atomic E-state index is 0.833. The highest BCUT2D eigenvalue weighted by atomic mass is 32.2. The zero-order valence-corrected chi connectivity index (χ0v) is 11.7. The van der Waals surface area contributed by atoms with E-state index in [1.54, 1.807) is 19.3 Å². The van der Waals surface area contributed by atoms with E-state index in [4.69, 9.17) is 0 Å². The number of nitrogens with one attached hydrogen (secondary N) is 1. The lowest BCUT2D eigenvalue weighted by atomic mass is 9.79. The maximum atomic E-state index is 4.03. The summed E-state index contributed by atoms with van der Waals surface area (Å²) >= 11 is 2.17. The fourth-order valence-electron chi connectivity index (χ4n) is 5.50. The monoisotopic (exact) mass is 251 g/mol. The number of hydrogen-bond donors (Lipinski definition) is 1. The molecule has 1 N–H and O–H groups in total. The van der Waals surface area contributed by atoms with Gasteiger partial charge in [0.05, 0.1) is 0 Å². The van der Waals surface area contributed by atoms with Crippen molar-refractivity contribution in [2.24, 2.45) is 23.7 Å². The molecule has 0 amide bonds. The Hall–Kier alpha value is 0.310. The van der Waals surface area contributed by atoms with Crippen LogP contribution in [0.4, 0.5) is 0 Å². The third kappa shape index (κ3) is 1.78. The van der Waals surface area contributed by atoms with Gasteiger partial charge in [0.2, 0.25) is 0 Å². The van der Waals surface area contributed by atoms with Crippen LogP contribution in [0.15, 0.2) is 0 Å². The molecule has 2 heteroatoms. The van der Waals surface area contributed by atoms with Crippen molar-refractivity contribution >= 4 is 11.8 Å². The first-order chi connectivity index (χ1) is 8.31. The molecule has 0 aromatic heterocycles. The van der Waals surface area contributed by atoms with Gasteiger partial charge in [-0.1, -0.05) is 13.3 Å². The first-order valence-electron chi connectivity index (χ1n) is 7.69. The van der Waals surface area contributed by atoms with Crippen molar-refractivity contribution in [3.05, 3.63) is 0 Å². The second kappa shape index (κ2) is 4.16. The highest BCUT2D eigenvalue weighted by Gasteiger charge is 2.53. The van der Waals surface area contributed by atoms with Gasteiger partial charge in [0, 0.05) is 23.1 Å². The van der Waals surface area contributed by atoms with Crippen LogP contribution < -0.4 is 5.32 Å². The van der Waals surface area contributed by atoms with Crippen LogP contribution in [0.25, 0.3) is 0 Å². The molecule has 1 aliphatic heterocycles. The molecule has 0 aromatic rings. The van der Waals surface area contributed by atoms with Gasteiger partial charge in [0.15, 0.2) is 0 Å². The van der Waals surface area contributed by atoms with Gasteiger partial charge in [-0.3, -0.25) is 0 Å². The lowest BCUT2D eigenvalue weighted by molar-refractivity contribution is 0.200. The second-order valence-corrected chi connectivity index (χ2v) is 8.48. The molecule has 1 heterocycles. The van der Waals surface area contributed by atoms with Gasteiger partial charge in [-0.05, 0) is 55.8 Å². The maximum Gasteiger partial charge on any atom is 0.0171 e. The van der Waals surface area contributed by atoms with Crippen molar-refractivity contribution in [3.63, 3.8) is 0 Å². The average Bonchev–Trinajstić information content (AvgIpc) is 2.99. The first kappa shape index (κ1) is 11.2. The largest absolute Gasteiger partial charge is 0.310 e. The molecule has 1 saturated heterocycles. The van der Waals surface area contributed by atoms with Crippen molar-refractivity contribution in [1.82, 2.24) is 5.32 Å². The van der Waals surface area contributed by atoms with Gasteiger partial charge < -0.3 is 5.32 Å². The van der Waals surface area contributed by atoms with E-state index in [-0.39, 0.29) is 0 Å². The van der Waals surface area contributed by atoms with Crippen LogP contribution in [0.3, 0.4) is 0 Å². The molecule has 4 rings (SSSR count). The molecule has 96 valence electrons. The highest BCUT2D eigenvalue weighted by Crippen LogP contribution is 2.58. The molecule has 1 nitrogen and oxygen atoms in total. The Bertz CT molecular complexity index is 305. The molecular formula is C15H25NS. The molecule has 4 aliphatic rings. The van der Waals surface area contributed by atoms with E-state index in [1.807, 2.05) is 0 Å². The van der Waals surface area contributed by atoms with Gasteiger partial charge in [-0.2, -0.15) is 11.8 Å². The molecule has 0 aromatic carbocycles. The molecule has 7 atom stereocenters. The van der Waals surface area contributed by atoms with E-state index in [9.17, 15) is 0 Å². The summed E-state index contributed by atoms with van der Waals surface area (Å²) in [6, 6.07) is 1.73. The maximum absolute atomic E-state index is 4.03. The number of rotatable bonds is 2. The summed E-state index contributed by atoms with van der Waals surface area (Å²) in [4.78, 5) is 0. The molecule has 3 saturated carbocycles. The second-order valence-electron chi connectivity index (χ2n) is 7.00. The predicted molar refractivity (Wildman–Crippen MR) is 74.3 cm³/mol. The topological polar surface area (TPSA) is 12.0 Å². The number of hydrogen-bond acceptors (Lipinski definition) is 2. The molecule has 2 bridgehead atoms. The average molecular weight is 251 g/mol. The fourth-order valence-corrected chi connectivity index (χ4v) is 6.66. The minimum absolute atomic E-state index is 0.833. The van der Waals surface area contributed by atoms with E-state index in [2.05, 4.69) is 24.0 Å². The summed E-state index contributed by atoms with van der Waals surface area (Å²) in [6.07, 6.45) is 9.15. The van der Waals surface area contributed by atoms with Crippen LogP contribution >= 0.6 is 11.8 Å². The molecule has 7 unspecified atom stereocenters. The Labute approximate surface area is 109 Å². The Morgan fingerprint density at radius 2 is 1.88 bits per heavy atom. The van der Waals surface area contributed by atoms with Crippen molar-refractivity contribution < 1.29 is 0 Å². The zero-order valence-electron chi connectivity index (χ0n) is 10.9. The van der Waals surface area contributed by atoms with Gasteiger partial charge in [-0.25, -0.2) is 0 Å². The van der Waals surface area contributed by atoms with Crippen LogP contribution in [-0.2, 0) is 0 Å². The molecular weight excluding hydrogens is 226 g/mol. The van der Waals surface area contributed by atoms with Crippen LogP contribution in [0.1, 0.15) is 45.4 Å². The Balaban J connectivity index is 1.41. The third-order valence-corrected chi connectivity index (χ3v) is 7.43. The van der Waals surface area contributed by atoms with Crippen LogP contribution in [0, 0.1) is 23.7 Å². The van der Waals surface area contributed by atoms with Gasteiger partial charge >= 0.3 is 0 Å². The van der Waals surface area contributed by atoms with E-state index >= 15 is 0 Å². The zero-order chi connectivity index (χ0) is 11.4. The van der Waals surface area contributed by atoms with Gasteiger partial charge in [0.1, 0.15) is 0 Å². The Morgan fingerprint density at radius 1 is 1.00 bits per heavy atom. The first-order valence-corrected chi connectivity index (χ1v) is 8.74. The normalized spacial score (nSPS) is 56.6. The van der Waals surface area contributed by atoms with E-state index in [0.29, 0.717) is 0 Å². The van der Waals surface area contributed by atoms with Crippen molar-refractivity contribution in [3.8, 4) is 0 Å². The molecule has 0 radical (unpaired) electrons. The fraction of sp³-hybridized carbons (Fsp3) is 1.00. The third-order valence-electron chi connectivity index (χ3n) is 6.08. The molecule has 17 heavy (non-hydrogen) atoms. The summed E-state index contributed by atoms with van der Waals surface area (Å²) in [5.41, 5.74) is 0. The molecule has 4 fully saturated rings. The van der Waals surface area contributed by atoms with Crippen LogP contribution in [0.2, 0.25) is 0 Å². The lowest BCUT2D eigenvalue weighted by Gasteiger charge is -2.33. The SMILES string of the molecule is CC1CC(NC2CC3CC2C2CCCC32)CS1. The summed E-state index contributed by atoms with van der Waals surface area (Å²) < 4.78 is 0. The van der Waals surface area contributed by atoms with Gasteiger partial charge in [0.25, 0.3) is 0 Å². The number of fused-ring (bicyclic) bond motifs is 5. The van der Waals surface area contributed by atoms with Crippen LogP contribution in [-0.4, -0.2) is 23.1 Å². The van der Waals surface area contributed by atoms with Crippen LogP contribution in [0.5, 0.6) is 0 Å². The van der Waals surface area contributed by atoms with Crippen molar-refractivity contribution in [2.75, 3.05) is 5.75 Å². The Kier molecular flexibility index (Phi) is 2.73. The quantitative estimate of drug-likeness (QED) is 0.808. The van der Waals surface area contributed by atoms with Crippen molar-refractivity contribution in [1.29, 1.82) is 0 Å². The number of thioether (sulfide) groups is 1. The highest BCUT2D eigenvalue weighted by molar-refractivity contribution is 8.00. The van der Waals surface area contributed by atoms with Crippen molar-refractivity contribution in [2.45, 2.75) is 62.8 Å². The van der Waals surface area contributed by atoms with Gasteiger partial charge in [-0.15, -0.1) is 0 Å². The van der Waals surface area contributed by atoms with E-state index in [1.165, 1.54) is 25.0 Å². The summed E-state index contributed by atoms with van der Waals surface area (Å²) in [5, 5.41) is 4.93. The Morgan fingerprint density at radius 3 is 2.71 bits per heavy atom. The summed E-state index contributed by atoms with van der Waals surface area (Å²) in [7, 11) is 0. The smallest absolute Gasteiger partial charge is 0.0171 e. The molecule has 3 aliphatic carbocycles. The molecule has 0 spiro atoms. The minimum Gasteiger partial charge on any atom is -0.310 e. The predicted octanol–water partition coefficient (Wildman–Crippen LogP) is 3.29. The standard InChI is InChI=1S/C15H25NS/c1-9-5-11(8-17-9)16-15-7-10-6-14(15)13-4-2-3-12(10)13/h9-16H,2-8H2,1H3. The van der Waals surface area contributed by atoms with E-state index < -0.39 is 0 Å².